The smallest absolute Gasteiger partial charge is 0.269 e. The maximum Gasteiger partial charge on any atom is 0.269 e. The minimum absolute atomic E-state index is 0.0881. The number of nitro groups is 1. The lowest BCUT2D eigenvalue weighted by atomic mass is 10.2. The lowest BCUT2D eigenvalue weighted by molar-refractivity contribution is -0.384. The molecule has 0 atom stereocenters. The van der Waals surface area contributed by atoms with Gasteiger partial charge in [0.2, 0.25) is 0 Å². The van der Waals surface area contributed by atoms with Gasteiger partial charge in [-0.1, -0.05) is 6.92 Å². The second-order valence-corrected chi connectivity index (χ2v) is 5.01. The van der Waals surface area contributed by atoms with E-state index in [4.69, 9.17) is 0 Å². The zero-order valence-electron chi connectivity index (χ0n) is 12.6. The molecule has 1 heterocycles. The van der Waals surface area contributed by atoms with Gasteiger partial charge >= 0.3 is 0 Å². The average Bonchev–Trinajstić information content (AvgIpc) is 2.75. The van der Waals surface area contributed by atoms with Gasteiger partial charge in [-0.25, -0.2) is 4.68 Å². The lowest BCUT2D eigenvalue weighted by Gasteiger charge is -2.06. The second kappa shape index (κ2) is 6.49. The molecule has 2 rings (SSSR count). The summed E-state index contributed by atoms with van der Waals surface area (Å²) in [6.45, 7) is 7.90. The zero-order valence-corrected chi connectivity index (χ0v) is 12.6. The largest absolute Gasteiger partial charge is 0.313 e. The van der Waals surface area contributed by atoms with Crippen molar-refractivity contribution in [1.82, 2.24) is 15.1 Å². The molecule has 0 aliphatic carbocycles. The quantitative estimate of drug-likeness (QED) is 0.504. The summed E-state index contributed by atoms with van der Waals surface area (Å²) in [7, 11) is 0. The SMILES string of the molecule is CCCNCc1c(C)nn(-c2ccc([N+](=O)[O-])cc2)c1C. The van der Waals surface area contributed by atoms with Crippen molar-refractivity contribution in [3.63, 3.8) is 0 Å². The van der Waals surface area contributed by atoms with E-state index in [-0.39, 0.29) is 5.69 Å². The first-order chi connectivity index (χ1) is 10.0. The van der Waals surface area contributed by atoms with Gasteiger partial charge in [-0.3, -0.25) is 10.1 Å². The maximum atomic E-state index is 10.7. The summed E-state index contributed by atoms with van der Waals surface area (Å²) >= 11 is 0. The van der Waals surface area contributed by atoms with Gasteiger partial charge in [0.25, 0.3) is 5.69 Å². The molecule has 1 N–H and O–H groups in total. The van der Waals surface area contributed by atoms with Crippen LogP contribution in [0.25, 0.3) is 5.69 Å². The van der Waals surface area contributed by atoms with E-state index in [2.05, 4.69) is 17.3 Å². The highest BCUT2D eigenvalue weighted by Gasteiger charge is 2.13. The number of non-ortho nitro benzene ring substituents is 1. The highest BCUT2D eigenvalue weighted by Crippen LogP contribution is 2.20. The molecule has 0 saturated heterocycles. The van der Waals surface area contributed by atoms with Crippen LogP contribution in [-0.2, 0) is 6.54 Å². The monoisotopic (exact) mass is 288 g/mol. The molecule has 21 heavy (non-hydrogen) atoms. The van der Waals surface area contributed by atoms with Gasteiger partial charge in [0.05, 0.1) is 16.3 Å². The van der Waals surface area contributed by atoms with Crippen LogP contribution in [0, 0.1) is 24.0 Å². The van der Waals surface area contributed by atoms with Gasteiger partial charge in [-0.05, 0) is 38.9 Å². The Morgan fingerprint density at radius 1 is 1.29 bits per heavy atom. The minimum Gasteiger partial charge on any atom is -0.313 e. The fourth-order valence-electron chi connectivity index (χ4n) is 2.29. The van der Waals surface area contributed by atoms with Gasteiger partial charge in [0.15, 0.2) is 0 Å². The van der Waals surface area contributed by atoms with Crippen LogP contribution in [0.3, 0.4) is 0 Å². The van der Waals surface area contributed by atoms with E-state index in [1.54, 1.807) is 12.1 Å². The summed E-state index contributed by atoms with van der Waals surface area (Å²) in [5.74, 6) is 0. The molecule has 6 nitrogen and oxygen atoms in total. The summed E-state index contributed by atoms with van der Waals surface area (Å²) in [4.78, 5) is 10.3. The summed E-state index contributed by atoms with van der Waals surface area (Å²) in [6.07, 6.45) is 1.09. The predicted molar refractivity (Wildman–Crippen MR) is 81.7 cm³/mol. The van der Waals surface area contributed by atoms with E-state index >= 15 is 0 Å². The van der Waals surface area contributed by atoms with Crippen molar-refractivity contribution >= 4 is 5.69 Å². The fraction of sp³-hybridized carbons (Fsp3) is 0.400. The fourth-order valence-corrected chi connectivity index (χ4v) is 2.29. The van der Waals surface area contributed by atoms with Crippen LogP contribution in [0.2, 0.25) is 0 Å². The Bertz CT molecular complexity index is 632. The normalized spacial score (nSPS) is 10.8. The zero-order chi connectivity index (χ0) is 15.4. The Kier molecular flexibility index (Phi) is 4.70. The van der Waals surface area contributed by atoms with E-state index in [1.807, 2.05) is 18.5 Å². The minimum atomic E-state index is -0.398. The number of hydrogen-bond donors (Lipinski definition) is 1. The molecule has 1 aromatic carbocycles. The van der Waals surface area contributed by atoms with Crippen LogP contribution in [0.5, 0.6) is 0 Å². The maximum absolute atomic E-state index is 10.7. The van der Waals surface area contributed by atoms with Crippen molar-refractivity contribution in [3.05, 3.63) is 51.3 Å². The van der Waals surface area contributed by atoms with Gasteiger partial charge in [0, 0.05) is 29.9 Å². The lowest BCUT2D eigenvalue weighted by Crippen LogP contribution is -2.15. The molecule has 2 aromatic rings. The van der Waals surface area contributed by atoms with Crippen molar-refractivity contribution in [2.24, 2.45) is 0 Å². The second-order valence-electron chi connectivity index (χ2n) is 5.01. The Hall–Kier alpha value is -2.21. The molecular weight excluding hydrogens is 268 g/mol. The number of aromatic nitrogens is 2. The molecule has 0 radical (unpaired) electrons. The van der Waals surface area contributed by atoms with Crippen molar-refractivity contribution in [2.75, 3.05) is 6.54 Å². The Balaban J connectivity index is 2.27. The number of hydrogen-bond acceptors (Lipinski definition) is 4. The Morgan fingerprint density at radius 3 is 2.52 bits per heavy atom. The summed E-state index contributed by atoms with van der Waals surface area (Å²) in [5.41, 5.74) is 4.15. The average molecular weight is 288 g/mol. The predicted octanol–water partition coefficient (Wildman–Crippen LogP) is 2.90. The summed E-state index contributed by atoms with van der Waals surface area (Å²) in [5, 5.41) is 18.6. The number of aryl methyl sites for hydroxylation is 1. The van der Waals surface area contributed by atoms with Gasteiger partial charge in [-0.2, -0.15) is 5.10 Å². The third kappa shape index (κ3) is 3.28. The van der Waals surface area contributed by atoms with Crippen LogP contribution in [-0.4, -0.2) is 21.2 Å². The molecule has 1 aromatic heterocycles. The van der Waals surface area contributed by atoms with Crippen molar-refractivity contribution in [3.8, 4) is 5.69 Å². The Morgan fingerprint density at radius 2 is 1.95 bits per heavy atom. The van der Waals surface area contributed by atoms with Gasteiger partial charge in [0.1, 0.15) is 0 Å². The van der Waals surface area contributed by atoms with E-state index in [0.717, 1.165) is 36.6 Å². The highest BCUT2D eigenvalue weighted by atomic mass is 16.6. The number of benzene rings is 1. The van der Waals surface area contributed by atoms with E-state index in [1.165, 1.54) is 17.7 Å². The Labute approximate surface area is 123 Å². The van der Waals surface area contributed by atoms with Crippen LogP contribution in [0.15, 0.2) is 24.3 Å². The van der Waals surface area contributed by atoms with Crippen LogP contribution < -0.4 is 5.32 Å². The molecule has 0 aliphatic heterocycles. The number of nitrogens with one attached hydrogen (secondary N) is 1. The molecular formula is C15H20N4O2. The molecule has 0 aliphatic rings. The van der Waals surface area contributed by atoms with Crippen molar-refractivity contribution in [2.45, 2.75) is 33.7 Å². The first kappa shape index (κ1) is 15.2. The summed E-state index contributed by atoms with van der Waals surface area (Å²) < 4.78 is 1.84. The van der Waals surface area contributed by atoms with Crippen molar-refractivity contribution < 1.29 is 4.92 Å². The van der Waals surface area contributed by atoms with Crippen LogP contribution in [0.4, 0.5) is 5.69 Å². The summed E-state index contributed by atoms with van der Waals surface area (Å²) in [6, 6.07) is 6.45. The first-order valence-corrected chi connectivity index (χ1v) is 7.05. The first-order valence-electron chi connectivity index (χ1n) is 7.05. The molecule has 0 amide bonds. The number of nitrogens with zero attached hydrogens (tertiary/aromatic N) is 3. The molecule has 0 bridgehead atoms. The number of nitro benzene ring substituents is 1. The molecule has 0 unspecified atom stereocenters. The topological polar surface area (TPSA) is 73.0 Å². The highest BCUT2D eigenvalue weighted by molar-refractivity contribution is 5.42. The molecule has 0 spiro atoms. The third-order valence-corrected chi connectivity index (χ3v) is 3.47. The van der Waals surface area contributed by atoms with E-state index in [0.29, 0.717) is 0 Å². The molecule has 6 heteroatoms. The van der Waals surface area contributed by atoms with Gasteiger partial charge < -0.3 is 5.32 Å². The van der Waals surface area contributed by atoms with Crippen molar-refractivity contribution in [1.29, 1.82) is 0 Å². The standard InChI is InChI=1S/C15H20N4O2/c1-4-9-16-10-15-11(2)17-18(12(15)3)13-5-7-14(8-6-13)19(20)21/h5-8,16H,4,9-10H2,1-3H3. The number of rotatable bonds is 6. The van der Waals surface area contributed by atoms with Crippen LogP contribution in [0.1, 0.15) is 30.3 Å². The third-order valence-electron chi connectivity index (χ3n) is 3.47. The van der Waals surface area contributed by atoms with Crippen LogP contribution >= 0.6 is 0 Å². The molecule has 0 fully saturated rings. The molecule has 112 valence electrons. The van der Waals surface area contributed by atoms with Gasteiger partial charge in [-0.15, -0.1) is 0 Å². The molecule has 0 saturated carbocycles. The van der Waals surface area contributed by atoms with E-state index < -0.39 is 4.92 Å². The van der Waals surface area contributed by atoms with E-state index in [9.17, 15) is 10.1 Å².